The molecule has 2 rings (SSSR count). The molecule has 1 aromatic heterocycles. The van der Waals surface area contributed by atoms with E-state index in [0.717, 1.165) is 43.0 Å². The van der Waals surface area contributed by atoms with E-state index in [4.69, 9.17) is 4.74 Å². The van der Waals surface area contributed by atoms with E-state index in [-0.39, 0.29) is 0 Å². The number of hydrogen-bond acceptors (Lipinski definition) is 4. The molecule has 1 aliphatic rings. The van der Waals surface area contributed by atoms with E-state index in [1.165, 1.54) is 30.6 Å². The van der Waals surface area contributed by atoms with Crippen molar-refractivity contribution in [1.82, 2.24) is 15.6 Å². The highest BCUT2D eigenvalue weighted by atomic mass is 32.1. The number of ether oxygens (including phenoxy) is 1. The van der Waals surface area contributed by atoms with E-state index < -0.39 is 0 Å². The predicted octanol–water partition coefficient (Wildman–Crippen LogP) is 3.10. The van der Waals surface area contributed by atoms with Crippen LogP contribution in [0, 0.1) is 12.8 Å². The smallest absolute Gasteiger partial charge is 0.191 e. The van der Waals surface area contributed by atoms with Gasteiger partial charge in [-0.3, -0.25) is 4.99 Å². The first-order valence-corrected chi connectivity index (χ1v) is 9.52. The van der Waals surface area contributed by atoms with Crippen LogP contribution in [0.2, 0.25) is 0 Å². The number of aryl methyl sites for hydroxylation is 1. The first-order chi connectivity index (χ1) is 11.2. The van der Waals surface area contributed by atoms with Crippen molar-refractivity contribution >= 4 is 17.3 Å². The molecule has 1 aliphatic carbocycles. The highest BCUT2D eigenvalue weighted by Gasteiger charge is 2.25. The van der Waals surface area contributed by atoms with Crippen molar-refractivity contribution in [3.05, 3.63) is 16.1 Å². The summed E-state index contributed by atoms with van der Waals surface area (Å²) in [5.74, 6) is 1.57. The van der Waals surface area contributed by atoms with Crippen LogP contribution < -0.4 is 10.6 Å². The molecule has 130 valence electrons. The maximum absolute atomic E-state index is 5.96. The van der Waals surface area contributed by atoms with Gasteiger partial charge in [0.2, 0.25) is 0 Å². The van der Waals surface area contributed by atoms with Crippen LogP contribution in [0.4, 0.5) is 0 Å². The maximum atomic E-state index is 5.96. The average molecular weight is 339 g/mol. The van der Waals surface area contributed by atoms with Crippen LogP contribution in [0.1, 0.15) is 48.9 Å². The van der Waals surface area contributed by atoms with E-state index in [1.807, 2.05) is 6.20 Å². The SMILES string of the molecule is CCOC(CCNC(=NC)NCc1ncc(C)s1)C1CCCC1. The molecule has 0 amide bonds. The predicted molar refractivity (Wildman–Crippen MR) is 97.0 cm³/mol. The van der Waals surface area contributed by atoms with Gasteiger partial charge in [0.05, 0.1) is 12.6 Å². The fourth-order valence-corrected chi connectivity index (χ4v) is 3.92. The van der Waals surface area contributed by atoms with Crippen molar-refractivity contribution in [3.8, 4) is 0 Å². The number of nitrogens with one attached hydrogen (secondary N) is 2. The number of thiazole rings is 1. The number of guanidine groups is 1. The number of aliphatic imine (C=N–C) groups is 1. The second kappa shape index (κ2) is 9.88. The van der Waals surface area contributed by atoms with Gasteiger partial charge in [-0.05, 0) is 39.0 Å². The molecule has 2 N–H and O–H groups in total. The van der Waals surface area contributed by atoms with Crippen LogP contribution in [-0.2, 0) is 11.3 Å². The van der Waals surface area contributed by atoms with Gasteiger partial charge < -0.3 is 15.4 Å². The average Bonchev–Trinajstić information content (AvgIpc) is 3.21. The van der Waals surface area contributed by atoms with Gasteiger partial charge in [0.15, 0.2) is 5.96 Å². The molecule has 0 radical (unpaired) electrons. The Morgan fingerprint density at radius 1 is 1.43 bits per heavy atom. The van der Waals surface area contributed by atoms with Crippen molar-refractivity contribution in [2.75, 3.05) is 20.2 Å². The standard InChI is InChI=1S/C17H30N4OS/c1-4-22-15(14-7-5-6-8-14)9-10-19-17(18-3)21-12-16-20-11-13(2)23-16/h11,14-15H,4-10,12H2,1-3H3,(H2,18,19,21). The third-order valence-corrected chi connectivity index (χ3v) is 5.24. The normalized spacial score (nSPS) is 17.4. The minimum absolute atomic E-state index is 0.384. The molecule has 0 saturated heterocycles. The third kappa shape index (κ3) is 6.11. The summed E-state index contributed by atoms with van der Waals surface area (Å²) in [7, 11) is 1.80. The molecule has 1 saturated carbocycles. The summed E-state index contributed by atoms with van der Waals surface area (Å²) in [5.41, 5.74) is 0. The number of aromatic nitrogens is 1. The fourth-order valence-electron chi connectivity index (χ4n) is 3.19. The van der Waals surface area contributed by atoms with Crippen molar-refractivity contribution in [2.24, 2.45) is 10.9 Å². The molecule has 0 bridgehead atoms. The lowest BCUT2D eigenvalue weighted by Crippen LogP contribution is -2.39. The van der Waals surface area contributed by atoms with Gasteiger partial charge in [-0.1, -0.05) is 12.8 Å². The fraction of sp³-hybridized carbons (Fsp3) is 0.765. The molecule has 1 unspecified atom stereocenters. The second-order valence-corrected chi connectivity index (χ2v) is 7.36. The Kier molecular flexibility index (Phi) is 7.82. The third-order valence-electron chi connectivity index (χ3n) is 4.33. The van der Waals surface area contributed by atoms with Crippen molar-refractivity contribution in [3.63, 3.8) is 0 Å². The van der Waals surface area contributed by atoms with Gasteiger partial charge in [-0.2, -0.15) is 0 Å². The van der Waals surface area contributed by atoms with Gasteiger partial charge in [0, 0.05) is 31.3 Å². The molecular weight excluding hydrogens is 308 g/mol. The van der Waals surface area contributed by atoms with Crippen LogP contribution in [-0.4, -0.2) is 37.2 Å². The molecule has 23 heavy (non-hydrogen) atoms. The Hall–Kier alpha value is -1.14. The summed E-state index contributed by atoms with van der Waals surface area (Å²) < 4.78 is 5.96. The zero-order chi connectivity index (χ0) is 16.5. The summed E-state index contributed by atoms with van der Waals surface area (Å²) in [5, 5.41) is 7.80. The molecule has 6 heteroatoms. The van der Waals surface area contributed by atoms with Crippen molar-refractivity contribution < 1.29 is 4.74 Å². The molecule has 1 fully saturated rings. The van der Waals surface area contributed by atoms with Gasteiger partial charge in [0.25, 0.3) is 0 Å². The molecule has 1 atom stereocenters. The zero-order valence-corrected chi connectivity index (χ0v) is 15.4. The summed E-state index contributed by atoms with van der Waals surface area (Å²) in [6.07, 6.45) is 8.69. The van der Waals surface area contributed by atoms with Gasteiger partial charge in [-0.15, -0.1) is 11.3 Å². The Morgan fingerprint density at radius 3 is 2.83 bits per heavy atom. The molecule has 0 spiro atoms. The molecule has 1 heterocycles. The summed E-state index contributed by atoms with van der Waals surface area (Å²) >= 11 is 1.72. The summed E-state index contributed by atoms with van der Waals surface area (Å²) in [4.78, 5) is 9.88. The number of hydrogen-bond donors (Lipinski definition) is 2. The van der Waals surface area contributed by atoms with E-state index in [9.17, 15) is 0 Å². The Labute approximate surface area is 144 Å². The summed E-state index contributed by atoms with van der Waals surface area (Å²) in [6.45, 7) is 6.57. The monoisotopic (exact) mass is 338 g/mol. The van der Waals surface area contributed by atoms with Crippen LogP contribution in [0.5, 0.6) is 0 Å². The molecule has 0 aliphatic heterocycles. The van der Waals surface area contributed by atoms with Gasteiger partial charge in [-0.25, -0.2) is 4.98 Å². The second-order valence-electron chi connectivity index (χ2n) is 6.04. The molecule has 1 aromatic rings. The van der Waals surface area contributed by atoms with E-state index in [0.29, 0.717) is 6.10 Å². The minimum atomic E-state index is 0.384. The highest BCUT2D eigenvalue weighted by Crippen LogP contribution is 2.30. The topological polar surface area (TPSA) is 58.5 Å². The Morgan fingerprint density at radius 2 is 2.22 bits per heavy atom. The lowest BCUT2D eigenvalue weighted by Gasteiger charge is -2.23. The lowest BCUT2D eigenvalue weighted by molar-refractivity contribution is 0.0169. The Bertz CT molecular complexity index is 483. The van der Waals surface area contributed by atoms with E-state index in [2.05, 4.69) is 34.5 Å². The van der Waals surface area contributed by atoms with Crippen molar-refractivity contribution in [1.29, 1.82) is 0 Å². The van der Waals surface area contributed by atoms with E-state index in [1.54, 1.807) is 18.4 Å². The van der Waals surface area contributed by atoms with Gasteiger partial charge in [0.1, 0.15) is 5.01 Å². The zero-order valence-electron chi connectivity index (χ0n) is 14.6. The van der Waals surface area contributed by atoms with Crippen LogP contribution in [0.15, 0.2) is 11.2 Å². The molecule has 0 aromatic carbocycles. The number of nitrogens with zero attached hydrogens (tertiary/aromatic N) is 2. The van der Waals surface area contributed by atoms with Gasteiger partial charge >= 0.3 is 0 Å². The van der Waals surface area contributed by atoms with E-state index >= 15 is 0 Å². The molecular formula is C17H30N4OS. The molecule has 5 nitrogen and oxygen atoms in total. The highest BCUT2D eigenvalue weighted by molar-refractivity contribution is 7.11. The quantitative estimate of drug-likeness (QED) is 0.565. The lowest BCUT2D eigenvalue weighted by atomic mass is 9.98. The minimum Gasteiger partial charge on any atom is -0.378 e. The maximum Gasteiger partial charge on any atom is 0.191 e. The van der Waals surface area contributed by atoms with Crippen LogP contribution in [0.25, 0.3) is 0 Å². The summed E-state index contributed by atoms with van der Waals surface area (Å²) in [6, 6.07) is 0. The number of rotatable bonds is 8. The first kappa shape index (κ1) is 18.2. The van der Waals surface area contributed by atoms with Crippen LogP contribution in [0.3, 0.4) is 0 Å². The largest absolute Gasteiger partial charge is 0.378 e. The Balaban J connectivity index is 1.71. The van der Waals surface area contributed by atoms with Crippen molar-refractivity contribution in [2.45, 2.75) is 58.6 Å². The van der Waals surface area contributed by atoms with Crippen LogP contribution >= 0.6 is 11.3 Å². The first-order valence-electron chi connectivity index (χ1n) is 8.70.